The van der Waals surface area contributed by atoms with Crippen molar-refractivity contribution < 1.29 is 18.8 Å². The maximum atomic E-state index is 14.2. The molecule has 1 aliphatic rings. The minimum atomic E-state index is -0.572. The monoisotopic (exact) mass is 498 g/mol. The van der Waals surface area contributed by atoms with Gasteiger partial charge in [0.15, 0.2) is 5.78 Å². The van der Waals surface area contributed by atoms with Gasteiger partial charge in [-0.3, -0.25) is 19.1 Å². The van der Waals surface area contributed by atoms with Crippen LogP contribution in [0.2, 0.25) is 5.02 Å². The second kappa shape index (κ2) is 10.6. The third kappa shape index (κ3) is 5.70. The number of halogens is 2. The van der Waals surface area contributed by atoms with Gasteiger partial charge in [0, 0.05) is 31.0 Å². The van der Waals surface area contributed by atoms with Crippen molar-refractivity contribution in [3.63, 3.8) is 0 Å². The second-order valence-corrected chi connectivity index (χ2v) is 9.69. The number of para-hydroxylation sites is 1. The molecule has 4 rings (SSSR count). The van der Waals surface area contributed by atoms with Gasteiger partial charge in [-0.25, -0.2) is 4.39 Å². The molecule has 0 unspecified atom stereocenters. The molecular formula is C26H28ClFN4O3. The van der Waals surface area contributed by atoms with Crippen LogP contribution < -0.4 is 5.32 Å². The average molecular weight is 499 g/mol. The summed E-state index contributed by atoms with van der Waals surface area (Å²) in [5.41, 5.74) is 1.27. The van der Waals surface area contributed by atoms with E-state index in [2.05, 4.69) is 17.3 Å². The number of hydrogen-bond acceptors (Lipinski definition) is 4. The van der Waals surface area contributed by atoms with Crippen molar-refractivity contribution in [3.8, 4) is 0 Å². The van der Waals surface area contributed by atoms with Gasteiger partial charge in [-0.15, -0.1) is 0 Å². The molecule has 2 amide bonds. The predicted octanol–water partition coefficient (Wildman–Crippen LogP) is 4.22. The fourth-order valence-corrected chi connectivity index (χ4v) is 4.82. The molecule has 1 saturated carbocycles. The molecule has 9 heteroatoms. The van der Waals surface area contributed by atoms with Crippen LogP contribution in [0.1, 0.15) is 42.7 Å². The molecule has 7 nitrogen and oxygen atoms in total. The third-order valence-corrected chi connectivity index (χ3v) is 6.71. The Bertz CT molecular complexity index is 1270. The number of fused-ring (bicyclic) bond motifs is 1. The van der Waals surface area contributed by atoms with Crippen molar-refractivity contribution in [2.24, 2.45) is 11.8 Å². The standard InChI is InChI=1S/C26H28ClFN4O3/c1-16-10-18(11-16)13-31(14-23(34)29-12-19-6-5-8-21(27)25(19)28)24(35)15-32-22-9-4-3-7-20(22)26(30-32)17(2)33/h3-9,16,18H,10-15H2,1-2H3,(H,29,34). The highest BCUT2D eigenvalue weighted by molar-refractivity contribution is 6.30. The lowest BCUT2D eigenvalue weighted by Gasteiger charge is -2.36. The van der Waals surface area contributed by atoms with Gasteiger partial charge >= 0.3 is 0 Å². The van der Waals surface area contributed by atoms with Crippen LogP contribution in [0.15, 0.2) is 42.5 Å². The number of hydrogen-bond donors (Lipinski definition) is 1. The van der Waals surface area contributed by atoms with Crippen molar-refractivity contribution in [2.75, 3.05) is 13.1 Å². The Labute approximate surface area is 208 Å². The minimum absolute atomic E-state index is 0.0102. The van der Waals surface area contributed by atoms with Crippen molar-refractivity contribution in [1.29, 1.82) is 0 Å². The van der Waals surface area contributed by atoms with Crippen LogP contribution in [0.4, 0.5) is 4.39 Å². The normalized spacial score (nSPS) is 17.1. The zero-order chi connectivity index (χ0) is 25.1. The van der Waals surface area contributed by atoms with Crippen molar-refractivity contribution in [2.45, 2.75) is 39.8 Å². The Morgan fingerprint density at radius 1 is 1.17 bits per heavy atom. The van der Waals surface area contributed by atoms with E-state index in [1.165, 1.54) is 22.6 Å². The van der Waals surface area contributed by atoms with Crippen LogP contribution in [0.3, 0.4) is 0 Å². The van der Waals surface area contributed by atoms with E-state index in [9.17, 15) is 18.8 Å². The van der Waals surface area contributed by atoms with E-state index in [4.69, 9.17) is 11.6 Å². The molecule has 0 spiro atoms. The Morgan fingerprint density at radius 3 is 2.63 bits per heavy atom. The molecule has 184 valence electrons. The van der Waals surface area contributed by atoms with E-state index in [1.807, 2.05) is 18.2 Å². The lowest BCUT2D eigenvalue weighted by molar-refractivity contribution is -0.138. The lowest BCUT2D eigenvalue weighted by atomic mass is 9.76. The van der Waals surface area contributed by atoms with Crippen LogP contribution in [0, 0.1) is 17.7 Å². The molecule has 2 aromatic carbocycles. The van der Waals surface area contributed by atoms with E-state index >= 15 is 0 Å². The summed E-state index contributed by atoms with van der Waals surface area (Å²) in [5.74, 6) is -0.478. The molecule has 0 aliphatic heterocycles. The van der Waals surface area contributed by atoms with Gasteiger partial charge in [-0.1, -0.05) is 48.9 Å². The number of nitrogens with zero attached hydrogens (tertiary/aromatic N) is 3. The highest BCUT2D eigenvalue weighted by atomic mass is 35.5. The van der Waals surface area contributed by atoms with Crippen LogP contribution >= 0.6 is 11.6 Å². The van der Waals surface area contributed by atoms with Gasteiger partial charge in [0.25, 0.3) is 0 Å². The number of ketones is 1. The van der Waals surface area contributed by atoms with Crippen LogP contribution in [0.5, 0.6) is 0 Å². The maximum absolute atomic E-state index is 14.2. The summed E-state index contributed by atoms with van der Waals surface area (Å²) >= 11 is 5.82. The fourth-order valence-electron chi connectivity index (χ4n) is 4.63. The molecule has 0 radical (unpaired) electrons. The summed E-state index contributed by atoms with van der Waals surface area (Å²) in [6, 6.07) is 11.9. The third-order valence-electron chi connectivity index (χ3n) is 6.42. The van der Waals surface area contributed by atoms with E-state index in [0.717, 1.165) is 12.8 Å². The summed E-state index contributed by atoms with van der Waals surface area (Å²) in [5, 5.41) is 7.74. The van der Waals surface area contributed by atoms with Crippen molar-refractivity contribution >= 4 is 40.1 Å². The topological polar surface area (TPSA) is 84.3 Å². The number of rotatable bonds is 9. The number of Topliss-reactive ketones (excluding diaryl/α,β-unsaturated/α-hetero) is 1. The van der Waals surface area contributed by atoms with Gasteiger partial charge in [0.2, 0.25) is 11.8 Å². The quantitative estimate of drug-likeness (QED) is 0.448. The SMILES string of the molecule is CC(=O)c1nn(CC(=O)N(CC(=O)NCc2cccc(Cl)c2F)CC2CC(C)C2)c2ccccc12. The lowest BCUT2D eigenvalue weighted by Crippen LogP contribution is -2.46. The largest absolute Gasteiger partial charge is 0.350 e. The Hall–Kier alpha value is -3.26. The summed E-state index contributed by atoms with van der Waals surface area (Å²) in [6.45, 7) is 3.80. The molecule has 1 heterocycles. The second-order valence-electron chi connectivity index (χ2n) is 9.29. The predicted molar refractivity (Wildman–Crippen MR) is 131 cm³/mol. The van der Waals surface area contributed by atoms with E-state index in [-0.39, 0.29) is 47.8 Å². The zero-order valence-electron chi connectivity index (χ0n) is 19.8. The fraction of sp³-hybridized carbons (Fsp3) is 0.385. The molecule has 1 fully saturated rings. The van der Waals surface area contributed by atoms with E-state index in [1.54, 1.807) is 18.2 Å². The molecule has 3 aromatic rings. The number of carbonyl (C=O) groups excluding carboxylic acids is 3. The number of benzene rings is 2. The number of aromatic nitrogens is 2. The molecule has 0 bridgehead atoms. The summed E-state index contributed by atoms with van der Waals surface area (Å²) < 4.78 is 15.7. The van der Waals surface area contributed by atoms with Crippen LogP contribution in [0.25, 0.3) is 10.9 Å². The molecule has 0 atom stereocenters. The Morgan fingerprint density at radius 2 is 1.91 bits per heavy atom. The molecule has 35 heavy (non-hydrogen) atoms. The Balaban J connectivity index is 1.47. The van der Waals surface area contributed by atoms with Gasteiger partial charge in [-0.2, -0.15) is 5.10 Å². The van der Waals surface area contributed by atoms with Crippen LogP contribution in [-0.4, -0.2) is 45.4 Å². The van der Waals surface area contributed by atoms with E-state index < -0.39 is 5.82 Å². The minimum Gasteiger partial charge on any atom is -0.350 e. The van der Waals surface area contributed by atoms with Gasteiger partial charge in [0.1, 0.15) is 18.1 Å². The molecule has 1 N–H and O–H groups in total. The van der Waals surface area contributed by atoms with Gasteiger partial charge in [-0.05, 0) is 36.8 Å². The van der Waals surface area contributed by atoms with E-state index in [0.29, 0.717) is 35.0 Å². The number of nitrogens with one attached hydrogen (secondary N) is 1. The molecule has 1 aromatic heterocycles. The first-order valence-corrected chi connectivity index (χ1v) is 12.0. The summed E-state index contributed by atoms with van der Waals surface area (Å²) in [7, 11) is 0. The van der Waals surface area contributed by atoms with Gasteiger partial charge < -0.3 is 10.2 Å². The first kappa shape index (κ1) is 24.9. The molecular weight excluding hydrogens is 471 g/mol. The van der Waals surface area contributed by atoms with Crippen LogP contribution in [-0.2, 0) is 22.7 Å². The first-order valence-electron chi connectivity index (χ1n) is 11.7. The Kier molecular flexibility index (Phi) is 7.50. The smallest absolute Gasteiger partial charge is 0.244 e. The van der Waals surface area contributed by atoms with Crippen molar-refractivity contribution in [1.82, 2.24) is 20.0 Å². The van der Waals surface area contributed by atoms with Crippen molar-refractivity contribution in [3.05, 3.63) is 64.6 Å². The first-order chi connectivity index (χ1) is 16.7. The highest BCUT2D eigenvalue weighted by Gasteiger charge is 2.30. The zero-order valence-corrected chi connectivity index (χ0v) is 20.5. The summed E-state index contributed by atoms with van der Waals surface area (Å²) in [6.07, 6.45) is 2.00. The number of carbonyl (C=O) groups is 3. The van der Waals surface area contributed by atoms with Gasteiger partial charge in [0.05, 0.1) is 17.1 Å². The number of amides is 2. The molecule has 1 aliphatic carbocycles. The summed E-state index contributed by atoms with van der Waals surface area (Å²) in [4.78, 5) is 39.6. The maximum Gasteiger partial charge on any atom is 0.244 e. The molecule has 0 saturated heterocycles. The average Bonchev–Trinajstić information content (AvgIpc) is 3.17. The highest BCUT2D eigenvalue weighted by Crippen LogP contribution is 2.33.